The lowest BCUT2D eigenvalue weighted by molar-refractivity contribution is -0.105. The second-order valence-electron chi connectivity index (χ2n) is 9.29. The van der Waals surface area contributed by atoms with Crippen molar-refractivity contribution in [3.8, 4) is 11.5 Å². The summed E-state index contributed by atoms with van der Waals surface area (Å²) in [5, 5.41) is 13.5. The Labute approximate surface area is 168 Å². The van der Waals surface area contributed by atoms with E-state index in [1.165, 1.54) is 38.5 Å². The highest BCUT2D eigenvalue weighted by molar-refractivity contribution is 5.39. The fourth-order valence-corrected chi connectivity index (χ4v) is 6.18. The maximum Gasteiger partial charge on any atom is 0.161 e. The maximum absolute atomic E-state index is 10.2. The average molecular weight is 390 g/mol. The third kappa shape index (κ3) is 4.81. The van der Waals surface area contributed by atoms with Crippen molar-refractivity contribution in [2.75, 3.05) is 40.0 Å². The molecular formula is C23H35NO4. The van der Waals surface area contributed by atoms with E-state index in [9.17, 15) is 5.11 Å². The summed E-state index contributed by atoms with van der Waals surface area (Å²) in [6.45, 7) is 2.98. The van der Waals surface area contributed by atoms with E-state index in [4.69, 9.17) is 14.2 Å². The van der Waals surface area contributed by atoms with Crippen LogP contribution in [-0.2, 0) is 4.74 Å². The highest BCUT2D eigenvalue weighted by Crippen LogP contribution is 2.60. The second kappa shape index (κ2) is 9.02. The number of para-hydroxylation sites is 2. The molecule has 0 aliphatic heterocycles. The second-order valence-corrected chi connectivity index (χ2v) is 9.29. The quantitative estimate of drug-likeness (QED) is 0.569. The zero-order chi connectivity index (χ0) is 19.4. The van der Waals surface area contributed by atoms with Gasteiger partial charge in [-0.3, -0.25) is 0 Å². The van der Waals surface area contributed by atoms with E-state index in [0.717, 1.165) is 35.9 Å². The summed E-state index contributed by atoms with van der Waals surface area (Å²) in [6.07, 6.45) is 7.98. The summed E-state index contributed by atoms with van der Waals surface area (Å²) in [5.74, 6) is 4.32. The van der Waals surface area contributed by atoms with Crippen LogP contribution in [0.4, 0.5) is 0 Å². The van der Waals surface area contributed by atoms with E-state index in [2.05, 4.69) is 5.32 Å². The minimum absolute atomic E-state index is 0.419. The van der Waals surface area contributed by atoms with Crippen molar-refractivity contribution in [2.45, 2.75) is 44.6 Å². The van der Waals surface area contributed by atoms with E-state index >= 15 is 0 Å². The molecule has 0 heterocycles. The number of benzene rings is 1. The number of nitrogens with one attached hydrogen (secondary N) is 1. The van der Waals surface area contributed by atoms with E-state index < -0.39 is 6.10 Å². The van der Waals surface area contributed by atoms with Crippen LogP contribution in [0.5, 0.6) is 11.5 Å². The lowest BCUT2D eigenvalue weighted by Gasteiger charge is -2.56. The molecule has 1 atom stereocenters. The Balaban J connectivity index is 1.09. The molecule has 2 N–H and O–H groups in total. The van der Waals surface area contributed by atoms with Crippen LogP contribution in [0.2, 0.25) is 0 Å². The number of aliphatic hydroxyl groups is 1. The van der Waals surface area contributed by atoms with Gasteiger partial charge < -0.3 is 24.6 Å². The van der Waals surface area contributed by atoms with Crippen LogP contribution in [0.3, 0.4) is 0 Å². The first-order valence-corrected chi connectivity index (χ1v) is 10.9. The lowest BCUT2D eigenvalue weighted by Crippen LogP contribution is -2.48. The monoisotopic (exact) mass is 389 g/mol. The first-order valence-electron chi connectivity index (χ1n) is 10.9. The summed E-state index contributed by atoms with van der Waals surface area (Å²) in [6, 6.07) is 7.62. The van der Waals surface area contributed by atoms with Crippen molar-refractivity contribution in [1.82, 2.24) is 5.32 Å². The standard InChI is InChI=1S/C23H35NO4/c1-26-21-4-2-3-5-22(21)28-7-6-24-14-20(25)15-27-16-23-11-17-8-18(12-23)10-19(9-17)13-23/h2-5,17-20,24-25H,6-16H2,1H3. The molecule has 1 unspecified atom stereocenters. The van der Waals surface area contributed by atoms with Gasteiger partial charge in [0.05, 0.1) is 26.4 Å². The molecule has 1 aromatic carbocycles. The molecular weight excluding hydrogens is 354 g/mol. The third-order valence-corrected chi connectivity index (χ3v) is 6.87. The van der Waals surface area contributed by atoms with Gasteiger partial charge in [-0.05, 0) is 73.8 Å². The first kappa shape index (κ1) is 20.0. The Hall–Kier alpha value is -1.30. The van der Waals surface area contributed by atoms with Crippen molar-refractivity contribution in [3.05, 3.63) is 24.3 Å². The van der Waals surface area contributed by atoms with Gasteiger partial charge in [0.1, 0.15) is 6.61 Å². The number of rotatable bonds is 11. The van der Waals surface area contributed by atoms with Gasteiger partial charge in [0.15, 0.2) is 11.5 Å². The smallest absolute Gasteiger partial charge is 0.161 e. The predicted molar refractivity (Wildman–Crippen MR) is 109 cm³/mol. The van der Waals surface area contributed by atoms with Crippen LogP contribution in [0.25, 0.3) is 0 Å². The highest BCUT2D eigenvalue weighted by Gasteiger charge is 2.50. The molecule has 0 saturated heterocycles. The minimum atomic E-state index is -0.472. The molecule has 0 aromatic heterocycles. The van der Waals surface area contributed by atoms with Gasteiger partial charge in [-0.15, -0.1) is 0 Å². The Morgan fingerprint density at radius 2 is 1.71 bits per heavy atom. The zero-order valence-corrected chi connectivity index (χ0v) is 17.1. The van der Waals surface area contributed by atoms with Crippen LogP contribution in [-0.4, -0.2) is 51.2 Å². The normalized spacial score (nSPS) is 31.7. The van der Waals surface area contributed by atoms with E-state index in [1.54, 1.807) is 7.11 Å². The highest BCUT2D eigenvalue weighted by atomic mass is 16.5. The lowest BCUT2D eigenvalue weighted by atomic mass is 9.50. The van der Waals surface area contributed by atoms with Gasteiger partial charge in [-0.1, -0.05) is 12.1 Å². The molecule has 156 valence electrons. The molecule has 5 nitrogen and oxygen atoms in total. The van der Waals surface area contributed by atoms with Crippen molar-refractivity contribution < 1.29 is 19.3 Å². The fraction of sp³-hybridized carbons (Fsp3) is 0.739. The minimum Gasteiger partial charge on any atom is -0.493 e. The van der Waals surface area contributed by atoms with E-state index in [-0.39, 0.29) is 0 Å². The van der Waals surface area contributed by atoms with Crippen LogP contribution in [0.15, 0.2) is 24.3 Å². The van der Waals surface area contributed by atoms with E-state index in [1.807, 2.05) is 24.3 Å². The molecule has 4 aliphatic rings. The van der Waals surface area contributed by atoms with Gasteiger partial charge in [-0.2, -0.15) is 0 Å². The summed E-state index contributed by atoms with van der Waals surface area (Å²) in [4.78, 5) is 0. The van der Waals surface area contributed by atoms with Crippen LogP contribution < -0.4 is 14.8 Å². The number of hydrogen-bond donors (Lipinski definition) is 2. The molecule has 28 heavy (non-hydrogen) atoms. The maximum atomic E-state index is 10.2. The zero-order valence-electron chi connectivity index (χ0n) is 17.1. The Morgan fingerprint density at radius 3 is 2.36 bits per heavy atom. The Morgan fingerprint density at radius 1 is 1.07 bits per heavy atom. The molecule has 0 radical (unpaired) electrons. The SMILES string of the molecule is COc1ccccc1OCCNCC(O)COCC12CC3CC(CC(C3)C1)C2. The first-order chi connectivity index (χ1) is 13.7. The number of aliphatic hydroxyl groups excluding tert-OH is 1. The molecule has 5 heteroatoms. The van der Waals surface area contributed by atoms with Crippen LogP contribution in [0.1, 0.15) is 38.5 Å². The van der Waals surface area contributed by atoms with Crippen molar-refractivity contribution in [2.24, 2.45) is 23.2 Å². The van der Waals surface area contributed by atoms with Crippen LogP contribution >= 0.6 is 0 Å². The van der Waals surface area contributed by atoms with Gasteiger partial charge in [-0.25, -0.2) is 0 Å². The van der Waals surface area contributed by atoms with Crippen molar-refractivity contribution >= 4 is 0 Å². The van der Waals surface area contributed by atoms with Gasteiger partial charge >= 0.3 is 0 Å². The molecule has 4 aliphatic carbocycles. The van der Waals surface area contributed by atoms with E-state index in [0.29, 0.717) is 31.7 Å². The van der Waals surface area contributed by atoms with Gasteiger partial charge in [0, 0.05) is 13.1 Å². The topological polar surface area (TPSA) is 60.0 Å². The molecule has 1 aromatic rings. The Kier molecular flexibility index (Phi) is 6.44. The molecule has 4 saturated carbocycles. The van der Waals surface area contributed by atoms with Crippen molar-refractivity contribution in [1.29, 1.82) is 0 Å². The van der Waals surface area contributed by atoms with Crippen LogP contribution in [0, 0.1) is 23.2 Å². The van der Waals surface area contributed by atoms with Crippen molar-refractivity contribution in [3.63, 3.8) is 0 Å². The molecule has 5 rings (SSSR count). The number of methoxy groups -OCH3 is 1. The van der Waals surface area contributed by atoms with Gasteiger partial charge in [0.2, 0.25) is 0 Å². The fourth-order valence-electron chi connectivity index (χ4n) is 6.18. The largest absolute Gasteiger partial charge is 0.493 e. The summed E-state index contributed by atoms with van der Waals surface area (Å²) in [7, 11) is 1.64. The number of hydrogen-bond acceptors (Lipinski definition) is 5. The summed E-state index contributed by atoms with van der Waals surface area (Å²) < 4.78 is 17.0. The Bertz CT molecular complexity index is 599. The summed E-state index contributed by atoms with van der Waals surface area (Å²) in [5.41, 5.74) is 0.421. The molecule has 0 amide bonds. The molecule has 0 spiro atoms. The third-order valence-electron chi connectivity index (χ3n) is 6.87. The van der Waals surface area contributed by atoms with Gasteiger partial charge in [0.25, 0.3) is 0 Å². The molecule has 4 fully saturated rings. The number of ether oxygens (including phenoxy) is 3. The average Bonchev–Trinajstić information content (AvgIpc) is 2.67. The molecule has 4 bridgehead atoms. The summed E-state index contributed by atoms with van der Waals surface area (Å²) >= 11 is 0. The predicted octanol–water partition coefficient (Wildman–Crippen LogP) is 3.26.